The third-order valence-electron chi connectivity index (χ3n) is 6.13. The van der Waals surface area contributed by atoms with E-state index < -0.39 is 5.41 Å². The number of nitrogens with zero attached hydrogens (tertiary/aromatic N) is 1. The molecule has 2 aliphatic heterocycles. The number of amides is 1. The molecule has 0 radical (unpaired) electrons. The van der Waals surface area contributed by atoms with Crippen LogP contribution in [0.1, 0.15) is 46.0 Å². The molecule has 110 valence electrons. The lowest BCUT2D eigenvalue weighted by atomic mass is 9.67. The van der Waals surface area contributed by atoms with Crippen LogP contribution in [0.3, 0.4) is 0 Å². The predicted octanol–water partition coefficient (Wildman–Crippen LogP) is 1.82. The molecule has 3 fully saturated rings. The van der Waals surface area contributed by atoms with E-state index in [2.05, 4.69) is 0 Å². The highest BCUT2D eigenvalue weighted by atomic mass is 16.2. The Bertz CT molecular complexity index is 461. The summed E-state index contributed by atoms with van der Waals surface area (Å²) in [4.78, 5) is 38.3. The van der Waals surface area contributed by atoms with Crippen LogP contribution >= 0.6 is 0 Å². The van der Waals surface area contributed by atoms with Gasteiger partial charge in [0.2, 0.25) is 5.91 Å². The third-order valence-corrected chi connectivity index (χ3v) is 6.13. The van der Waals surface area contributed by atoms with Gasteiger partial charge in [0.15, 0.2) is 0 Å². The number of hydrogen-bond donors (Lipinski definition) is 0. The van der Waals surface area contributed by atoms with E-state index in [9.17, 15) is 14.4 Å². The van der Waals surface area contributed by atoms with Crippen LogP contribution in [0.2, 0.25) is 0 Å². The Labute approximate surface area is 119 Å². The second-order valence-electron chi connectivity index (χ2n) is 6.98. The van der Waals surface area contributed by atoms with Gasteiger partial charge in [0, 0.05) is 30.8 Å². The molecule has 1 aliphatic carbocycles. The molecule has 4 heteroatoms. The molecule has 3 rings (SSSR count). The fourth-order valence-electron chi connectivity index (χ4n) is 4.60. The van der Waals surface area contributed by atoms with Crippen LogP contribution in [0.4, 0.5) is 0 Å². The molecular weight excluding hydrogens is 254 g/mol. The highest BCUT2D eigenvalue weighted by Crippen LogP contribution is 2.51. The average Bonchev–Trinajstić information content (AvgIpc) is 2.64. The maximum atomic E-state index is 12.6. The number of fused-ring (bicyclic) bond motifs is 3. The SMILES string of the molecule is C[C@@H]1C(=O)N2C[C@H]3CCCCC(=O)[C@@]3(C)[C@H]2C[C@H]1C=O. The molecule has 20 heavy (non-hydrogen) atoms. The number of piperidine rings is 1. The molecule has 1 amide bonds. The van der Waals surface area contributed by atoms with Gasteiger partial charge in [-0.3, -0.25) is 9.59 Å². The summed E-state index contributed by atoms with van der Waals surface area (Å²) in [6, 6.07) is -0.0583. The first-order chi connectivity index (χ1) is 9.50. The van der Waals surface area contributed by atoms with Gasteiger partial charge in [0.25, 0.3) is 0 Å². The zero-order chi connectivity index (χ0) is 14.5. The summed E-state index contributed by atoms with van der Waals surface area (Å²) in [6.07, 6.45) is 5.29. The van der Waals surface area contributed by atoms with Crippen molar-refractivity contribution in [1.29, 1.82) is 0 Å². The Morgan fingerprint density at radius 2 is 2.05 bits per heavy atom. The van der Waals surface area contributed by atoms with Crippen molar-refractivity contribution in [2.75, 3.05) is 6.54 Å². The highest BCUT2D eigenvalue weighted by molar-refractivity contribution is 5.90. The van der Waals surface area contributed by atoms with Crippen LogP contribution in [0.5, 0.6) is 0 Å². The summed E-state index contributed by atoms with van der Waals surface area (Å²) >= 11 is 0. The van der Waals surface area contributed by atoms with Crippen LogP contribution in [0.25, 0.3) is 0 Å². The van der Waals surface area contributed by atoms with Crippen molar-refractivity contribution in [3.05, 3.63) is 0 Å². The standard InChI is InChI=1S/C16H23NO3/c1-10-11(9-18)7-13-16(2)12(8-17(13)15(10)20)5-3-4-6-14(16)19/h9-13H,3-8H2,1-2H3/t10-,11-,12+,13+,16+/m0/s1. The Balaban J connectivity index is 1.98. The van der Waals surface area contributed by atoms with Gasteiger partial charge in [0.05, 0.1) is 5.41 Å². The summed E-state index contributed by atoms with van der Waals surface area (Å²) in [5.41, 5.74) is -0.423. The number of carbonyl (C=O) groups excluding carboxylic acids is 3. The molecule has 0 spiro atoms. The fraction of sp³-hybridized carbons (Fsp3) is 0.812. The van der Waals surface area contributed by atoms with E-state index in [1.807, 2.05) is 18.7 Å². The molecule has 0 aromatic heterocycles. The van der Waals surface area contributed by atoms with Gasteiger partial charge in [0.1, 0.15) is 12.1 Å². The lowest BCUT2D eigenvalue weighted by molar-refractivity contribution is -0.148. The zero-order valence-corrected chi connectivity index (χ0v) is 12.3. The molecule has 0 bridgehead atoms. The molecular formula is C16H23NO3. The number of ketones is 1. The maximum Gasteiger partial charge on any atom is 0.226 e. The first-order valence-corrected chi connectivity index (χ1v) is 7.79. The van der Waals surface area contributed by atoms with Crippen LogP contribution in [-0.2, 0) is 14.4 Å². The van der Waals surface area contributed by atoms with Crippen molar-refractivity contribution in [3.8, 4) is 0 Å². The number of carbonyl (C=O) groups is 3. The minimum atomic E-state index is -0.423. The second kappa shape index (κ2) is 4.68. The van der Waals surface area contributed by atoms with Gasteiger partial charge in [-0.1, -0.05) is 20.3 Å². The van der Waals surface area contributed by atoms with Crippen molar-refractivity contribution in [3.63, 3.8) is 0 Å². The van der Waals surface area contributed by atoms with Crippen LogP contribution < -0.4 is 0 Å². The first kappa shape index (κ1) is 13.8. The average molecular weight is 277 g/mol. The molecule has 1 saturated carbocycles. The minimum Gasteiger partial charge on any atom is -0.338 e. The van der Waals surface area contributed by atoms with E-state index in [0.717, 1.165) is 25.5 Å². The zero-order valence-electron chi connectivity index (χ0n) is 12.3. The van der Waals surface area contributed by atoms with E-state index in [0.29, 0.717) is 25.2 Å². The lowest BCUT2D eigenvalue weighted by Crippen LogP contribution is -2.53. The molecule has 5 atom stereocenters. The summed E-state index contributed by atoms with van der Waals surface area (Å²) in [6.45, 7) is 4.60. The van der Waals surface area contributed by atoms with Crippen molar-refractivity contribution in [2.24, 2.45) is 23.2 Å². The Morgan fingerprint density at radius 3 is 2.75 bits per heavy atom. The molecule has 0 N–H and O–H groups in total. The second-order valence-corrected chi connectivity index (χ2v) is 6.98. The molecule has 2 saturated heterocycles. The van der Waals surface area contributed by atoms with Crippen molar-refractivity contribution < 1.29 is 14.4 Å². The van der Waals surface area contributed by atoms with Gasteiger partial charge < -0.3 is 9.69 Å². The first-order valence-electron chi connectivity index (χ1n) is 7.79. The number of Topliss-reactive ketones (excluding diaryl/α,β-unsaturated/α-hetero) is 1. The third kappa shape index (κ3) is 1.69. The Kier molecular flexibility index (Phi) is 3.22. The van der Waals surface area contributed by atoms with E-state index in [1.165, 1.54) is 0 Å². The predicted molar refractivity (Wildman–Crippen MR) is 73.9 cm³/mol. The normalized spacial score (nSPS) is 44.8. The van der Waals surface area contributed by atoms with Gasteiger partial charge in [-0.2, -0.15) is 0 Å². The summed E-state index contributed by atoms with van der Waals surface area (Å²) in [5.74, 6) is 0.198. The maximum absolute atomic E-state index is 12.6. The van der Waals surface area contributed by atoms with Crippen LogP contribution in [0.15, 0.2) is 0 Å². The molecule has 0 unspecified atom stereocenters. The summed E-state index contributed by atoms with van der Waals surface area (Å²) in [7, 11) is 0. The van der Waals surface area contributed by atoms with Crippen molar-refractivity contribution in [1.82, 2.24) is 4.90 Å². The molecule has 3 aliphatic rings. The largest absolute Gasteiger partial charge is 0.338 e. The van der Waals surface area contributed by atoms with Crippen molar-refractivity contribution in [2.45, 2.75) is 52.0 Å². The monoisotopic (exact) mass is 277 g/mol. The Hall–Kier alpha value is -1.19. The number of rotatable bonds is 1. The van der Waals surface area contributed by atoms with Gasteiger partial charge in [-0.15, -0.1) is 0 Å². The highest BCUT2D eigenvalue weighted by Gasteiger charge is 2.59. The topological polar surface area (TPSA) is 54.5 Å². The molecule has 2 heterocycles. The number of aldehydes is 1. The van der Waals surface area contributed by atoms with Gasteiger partial charge >= 0.3 is 0 Å². The van der Waals surface area contributed by atoms with E-state index in [-0.39, 0.29) is 29.7 Å². The summed E-state index contributed by atoms with van der Waals surface area (Å²) < 4.78 is 0. The summed E-state index contributed by atoms with van der Waals surface area (Å²) in [5, 5.41) is 0. The smallest absolute Gasteiger partial charge is 0.226 e. The molecule has 4 nitrogen and oxygen atoms in total. The van der Waals surface area contributed by atoms with Crippen LogP contribution in [0, 0.1) is 23.2 Å². The van der Waals surface area contributed by atoms with Crippen molar-refractivity contribution >= 4 is 18.0 Å². The fourth-order valence-corrected chi connectivity index (χ4v) is 4.60. The van der Waals surface area contributed by atoms with Gasteiger partial charge in [-0.05, 0) is 25.2 Å². The Morgan fingerprint density at radius 1 is 1.30 bits per heavy atom. The molecule has 0 aromatic rings. The lowest BCUT2D eigenvalue weighted by Gasteiger charge is -2.42. The van der Waals surface area contributed by atoms with E-state index in [1.54, 1.807) is 0 Å². The van der Waals surface area contributed by atoms with E-state index >= 15 is 0 Å². The molecule has 0 aromatic carbocycles. The van der Waals surface area contributed by atoms with Gasteiger partial charge in [-0.25, -0.2) is 0 Å². The minimum absolute atomic E-state index is 0.0583. The quantitative estimate of drug-likeness (QED) is 0.687. The number of hydrogen-bond acceptors (Lipinski definition) is 3. The van der Waals surface area contributed by atoms with Crippen LogP contribution in [-0.4, -0.2) is 35.5 Å². The van der Waals surface area contributed by atoms with E-state index in [4.69, 9.17) is 0 Å².